The first-order valence-electron chi connectivity index (χ1n) is 9.10. The summed E-state index contributed by atoms with van der Waals surface area (Å²) < 4.78 is 46.0. The van der Waals surface area contributed by atoms with E-state index in [1.165, 1.54) is 23.5 Å². The molecular formula is C20H14BrF2N2O5PS2. The highest BCUT2D eigenvalue weighted by atomic mass is 79.9. The molecule has 0 aliphatic carbocycles. The van der Waals surface area contributed by atoms with Crippen molar-refractivity contribution in [1.29, 1.82) is 0 Å². The lowest BCUT2D eigenvalue weighted by atomic mass is 10.1. The van der Waals surface area contributed by atoms with Crippen LogP contribution in [0.2, 0.25) is 0 Å². The number of ether oxygens (including phenoxy) is 1. The normalized spacial score (nSPS) is 12.3. The lowest BCUT2D eigenvalue weighted by Gasteiger charge is -2.16. The molecule has 0 bridgehead atoms. The molecule has 0 aliphatic rings. The average molecular weight is 575 g/mol. The number of amides is 1. The van der Waals surface area contributed by atoms with E-state index in [9.17, 15) is 18.1 Å². The molecule has 2 aromatic heterocycles. The van der Waals surface area contributed by atoms with Crippen LogP contribution in [0.25, 0.3) is 20.7 Å². The quantitative estimate of drug-likeness (QED) is 0.244. The number of rotatable bonds is 7. The van der Waals surface area contributed by atoms with Crippen molar-refractivity contribution in [3.05, 3.63) is 68.5 Å². The molecule has 33 heavy (non-hydrogen) atoms. The number of primary amides is 1. The van der Waals surface area contributed by atoms with Crippen molar-refractivity contribution in [1.82, 2.24) is 4.98 Å². The monoisotopic (exact) mass is 574 g/mol. The zero-order chi connectivity index (χ0) is 24.0. The molecule has 4 rings (SSSR count). The van der Waals surface area contributed by atoms with Crippen LogP contribution in [-0.2, 0) is 16.8 Å². The van der Waals surface area contributed by atoms with Crippen LogP contribution in [0, 0.1) is 0 Å². The van der Waals surface area contributed by atoms with Crippen molar-refractivity contribution < 1.29 is 32.7 Å². The Hall–Kier alpha value is -2.21. The van der Waals surface area contributed by atoms with E-state index in [0.29, 0.717) is 11.3 Å². The molecule has 0 radical (unpaired) electrons. The fourth-order valence-electron chi connectivity index (χ4n) is 2.99. The van der Waals surface area contributed by atoms with Gasteiger partial charge in [-0.15, -0.1) is 22.7 Å². The number of carbonyl (C=O) groups is 1. The van der Waals surface area contributed by atoms with Crippen LogP contribution in [0.3, 0.4) is 0 Å². The van der Waals surface area contributed by atoms with Gasteiger partial charge in [0.2, 0.25) is 5.91 Å². The van der Waals surface area contributed by atoms with E-state index in [0.717, 1.165) is 16.1 Å². The molecule has 13 heteroatoms. The van der Waals surface area contributed by atoms with Crippen molar-refractivity contribution >= 4 is 62.2 Å². The molecule has 2 aromatic carbocycles. The molecule has 7 nitrogen and oxygen atoms in total. The van der Waals surface area contributed by atoms with Gasteiger partial charge in [-0.1, -0.05) is 24.3 Å². The zero-order valence-corrected chi connectivity index (χ0v) is 20.5. The molecule has 2 heterocycles. The van der Waals surface area contributed by atoms with Gasteiger partial charge in [-0.2, -0.15) is 8.78 Å². The average Bonchev–Trinajstić information content (AvgIpc) is 3.40. The summed E-state index contributed by atoms with van der Waals surface area (Å²) in [4.78, 5) is 33.4. The summed E-state index contributed by atoms with van der Waals surface area (Å²) in [6.45, 7) is 0.0508. The van der Waals surface area contributed by atoms with E-state index in [-0.39, 0.29) is 32.5 Å². The second kappa shape index (κ2) is 8.86. The highest BCUT2D eigenvalue weighted by Crippen LogP contribution is 2.63. The second-order valence-electron chi connectivity index (χ2n) is 6.87. The van der Waals surface area contributed by atoms with Gasteiger partial charge in [0.15, 0.2) is 0 Å². The number of fused-ring (bicyclic) bond motifs is 1. The van der Waals surface area contributed by atoms with Crippen LogP contribution < -0.4 is 10.5 Å². The number of hydrogen-bond donors (Lipinski definition) is 3. The number of benzene rings is 2. The third kappa shape index (κ3) is 4.59. The molecule has 0 saturated heterocycles. The smallest absolute Gasteiger partial charge is 0.400 e. The molecule has 0 spiro atoms. The molecule has 0 saturated carbocycles. The molecule has 0 unspecified atom stereocenters. The van der Waals surface area contributed by atoms with E-state index >= 15 is 0 Å². The Labute approximate surface area is 202 Å². The van der Waals surface area contributed by atoms with E-state index in [2.05, 4.69) is 20.9 Å². The molecule has 4 N–H and O–H groups in total. The van der Waals surface area contributed by atoms with Gasteiger partial charge >= 0.3 is 13.3 Å². The second-order valence-corrected chi connectivity index (χ2v) is 11.2. The summed E-state index contributed by atoms with van der Waals surface area (Å²) in [5.74, 6) is -0.722. The molecule has 4 aromatic rings. The SMILES string of the molecule is NC(=O)c1cc(OCc2ccc(-c3nccs3)cc2)c2sc(C(F)(F)P(=O)(O)O)c(Br)c2c1. The van der Waals surface area contributed by atoms with Crippen LogP contribution in [0.1, 0.15) is 20.8 Å². The van der Waals surface area contributed by atoms with E-state index in [1.807, 2.05) is 29.6 Å². The Morgan fingerprint density at radius 3 is 2.52 bits per heavy atom. The number of nitrogens with two attached hydrogens (primary N) is 1. The lowest BCUT2D eigenvalue weighted by molar-refractivity contribution is 0.0595. The van der Waals surface area contributed by atoms with Gasteiger partial charge in [0, 0.05) is 32.6 Å². The summed E-state index contributed by atoms with van der Waals surface area (Å²) in [5.41, 5.74) is 2.64. The Kier molecular flexibility index (Phi) is 6.43. The first-order chi connectivity index (χ1) is 15.5. The molecule has 172 valence electrons. The molecule has 1 amide bonds. The highest BCUT2D eigenvalue weighted by Gasteiger charge is 2.53. The summed E-state index contributed by atoms with van der Waals surface area (Å²) in [5, 5.41) is 2.86. The number of hydrogen-bond acceptors (Lipinski definition) is 6. The van der Waals surface area contributed by atoms with E-state index in [4.69, 9.17) is 20.3 Å². The Morgan fingerprint density at radius 1 is 1.24 bits per heavy atom. The number of aromatic nitrogens is 1. The summed E-state index contributed by atoms with van der Waals surface area (Å²) in [6.07, 6.45) is 1.71. The van der Waals surface area contributed by atoms with Crippen LogP contribution >= 0.6 is 46.2 Å². The van der Waals surface area contributed by atoms with E-state index in [1.54, 1.807) is 6.20 Å². The van der Waals surface area contributed by atoms with Crippen LogP contribution in [0.15, 0.2) is 52.4 Å². The first-order valence-corrected chi connectivity index (χ1v) is 13.2. The van der Waals surface area contributed by atoms with Crippen LogP contribution in [0.4, 0.5) is 8.78 Å². The topological polar surface area (TPSA) is 123 Å². The largest absolute Gasteiger partial charge is 0.487 e. The Morgan fingerprint density at radius 2 is 1.94 bits per heavy atom. The van der Waals surface area contributed by atoms with Gasteiger partial charge in [-0.3, -0.25) is 9.36 Å². The van der Waals surface area contributed by atoms with Gasteiger partial charge in [0.1, 0.15) is 22.2 Å². The number of thiazole rings is 1. The minimum absolute atomic E-state index is 0.00108. The van der Waals surface area contributed by atoms with Crippen LogP contribution in [0.5, 0.6) is 5.75 Å². The molecule has 0 atom stereocenters. The molecular weight excluding hydrogens is 561 g/mol. The van der Waals surface area contributed by atoms with Gasteiger partial charge in [-0.25, -0.2) is 4.98 Å². The zero-order valence-electron chi connectivity index (χ0n) is 16.4. The summed E-state index contributed by atoms with van der Waals surface area (Å²) in [6, 6.07) is 9.97. The fraction of sp³-hybridized carbons (Fsp3) is 0.100. The van der Waals surface area contributed by atoms with Gasteiger partial charge in [0.25, 0.3) is 0 Å². The molecule has 0 aliphatic heterocycles. The van der Waals surface area contributed by atoms with Crippen molar-refractivity contribution in [3.8, 4) is 16.3 Å². The number of nitrogens with zero attached hydrogens (tertiary/aromatic N) is 1. The summed E-state index contributed by atoms with van der Waals surface area (Å²) in [7, 11) is -5.80. The fourth-order valence-corrected chi connectivity index (χ4v) is 6.60. The predicted octanol–water partition coefficient (Wildman–Crippen LogP) is 5.69. The number of alkyl halides is 2. The Bertz CT molecular complexity index is 1390. The Balaban J connectivity index is 1.71. The van der Waals surface area contributed by atoms with Crippen molar-refractivity contribution in [3.63, 3.8) is 0 Å². The van der Waals surface area contributed by atoms with Crippen molar-refractivity contribution in [2.75, 3.05) is 0 Å². The molecule has 0 fully saturated rings. The van der Waals surface area contributed by atoms with Gasteiger partial charge in [-0.05, 0) is 33.6 Å². The summed E-state index contributed by atoms with van der Waals surface area (Å²) >= 11 is 4.96. The third-order valence-electron chi connectivity index (χ3n) is 4.65. The van der Waals surface area contributed by atoms with Crippen LogP contribution in [-0.4, -0.2) is 20.7 Å². The maximum Gasteiger partial charge on any atom is 0.400 e. The van der Waals surface area contributed by atoms with E-state index < -0.39 is 24.0 Å². The van der Waals surface area contributed by atoms with Gasteiger partial charge < -0.3 is 20.3 Å². The lowest BCUT2D eigenvalue weighted by Crippen LogP contribution is -2.12. The highest BCUT2D eigenvalue weighted by molar-refractivity contribution is 9.10. The van der Waals surface area contributed by atoms with Crippen molar-refractivity contribution in [2.45, 2.75) is 12.3 Å². The minimum Gasteiger partial charge on any atom is -0.487 e. The number of thiophene rings is 1. The third-order valence-corrected chi connectivity index (χ3v) is 8.95. The predicted molar refractivity (Wildman–Crippen MR) is 126 cm³/mol. The maximum atomic E-state index is 14.4. The first kappa shape index (κ1) is 23.9. The minimum atomic E-state index is -5.80. The number of halogens is 3. The standard InChI is InChI=1S/C20H14BrF2N2O5PS2/c21-15-13-7-12(18(24)26)8-14(16(13)33-17(15)20(22,23)31(27,28)29)30-9-10-1-3-11(4-2-10)19-25-5-6-32-19/h1-8H,9H2,(H2,24,26)(H2,27,28,29). The number of carbonyl (C=O) groups excluding carboxylic acids is 1. The van der Waals surface area contributed by atoms with Crippen molar-refractivity contribution in [2.24, 2.45) is 5.73 Å². The maximum absolute atomic E-state index is 14.4. The van der Waals surface area contributed by atoms with Gasteiger partial charge in [0.05, 0.1) is 4.70 Å².